The molecule has 1 unspecified atom stereocenters. The number of ether oxygens (including phenoxy) is 2. The molecule has 0 heterocycles. The molecule has 1 aromatic rings. The smallest absolute Gasteiger partial charge is 0.311 e. The molecule has 0 aliphatic heterocycles. The molecule has 4 nitrogen and oxygen atoms in total. The van der Waals surface area contributed by atoms with Crippen LogP contribution in [-0.2, 0) is 14.3 Å². The molecule has 0 saturated carbocycles. The fourth-order valence-corrected chi connectivity index (χ4v) is 2.72. The molecule has 0 aliphatic carbocycles. The van der Waals surface area contributed by atoms with Crippen molar-refractivity contribution in [1.82, 2.24) is 0 Å². The highest BCUT2D eigenvalue weighted by atomic mass is 35.5. The van der Waals surface area contributed by atoms with E-state index in [4.69, 9.17) is 32.7 Å². The van der Waals surface area contributed by atoms with E-state index >= 15 is 0 Å². The van der Waals surface area contributed by atoms with E-state index in [9.17, 15) is 9.59 Å². The van der Waals surface area contributed by atoms with Crippen molar-refractivity contribution >= 4 is 35.1 Å². The van der Waals surface area contributed by atoms with Gasteiger partial charge < -0.3 is 9.47 Å². The van der Waals surface area contributed by atoms with Gasteiger partial charge in [0.25, 0.3) is 0 Å². The molecule has 25 heavy (non-hydrogen) atoms. The summed E-state index contributed by atoms with van der Waals surface area (Å²) in [5.41, 5.74) is 0. The largest absolute Gasteiger partial charge is 0.463 e. The van der Waals surface area contributed by atoms with Crippen LogP contribution in [0.5, 0.6) is 5.75 Å². The number of carbonyl (C=O) groups is 2. The fourth-order valence-electron chi connectivity index (χ4n) is 2.43. The van der Waals surface area contributed by atoms with Crippen LogP contribution in [0.4, 0.5) is 0 Å². The van der Waals surface area contributed by atoms with Gasteiger partial charge in [0.1, 0.15) is 5.75 Å². The standard InChI is InChI=1S/C19H26Cl2O4/c1-13(2)11-14(3)24-18(22)7-5-4-6-8-19(23)25-15-9-10-16(20)17(21)12-15/h9-10,12-14H,4-8,11H2,1-3H3. The second-order valence-electron chi connectivity index (χ2n) is 6.54. The van der Waals surface area contributed by atoms with Crippen LogP contribution in [0.25, 0.3) is 0 Å². The summed E-state index contributed by atoms with van der Waals surface area (Å²) < 4.78 is 10.5. The van der Waals surface area contributed by atoms with Crippen LogP contribution < -0.4 is 4.74 Å². The Morgan fingerprint density at radius 2 is 1.60 bits per heavy atom. The van der Waals surface area contributed by atoms with E-state index in [2.05, 4.69) is 13.8 Å². The minimum atomic E-state index is -0.327. The van der Waals surface area contributed by atoms with Gasteiger partial charge in [0.05, 0.1) is 16.1 Å². The number of hydrogen-bond acceptors (Lipinski definition) is 4. The zero-order valence-corrected chi connectivity index (χ0v) is 16.5. The van der Waals surface area contributed by atoms with Gasteiger partial charge in [0.15, 0.2) is 0 Å². The van der Waals surface area contributed by atoms with Gasteiger partial charge in [-0.3, -0.25) is 9.59 Å². The maximum Gasteiger partial charge on any atom is 0.311 e. The summed E-state index contributed by atoms with van der Waals surface area (Å²) in [6.07, 6.45) is 3.62. The molecule has 0 saturated heterocycles. The molecule has 0 N–H and O–H groups in total. The van der Waals surface area contributed by atoms with Crippen LogP contribution in [-0.4, -0.2) is 18.0 Å². The summed E-state index contributed by atoms with van der Waals surface area (Å²) >= 11 is 11.7. The Hall–Kier alpha value is -1.26. The van der Waals surface area contributed by atoms with Crippen molar-refractivity contribution in [3.63, 3.8) is 0 Å². The van der Waals surface area contributed by atoms with Crippen molar-refractivity contribution in [2.45, 2.75) is 65.4 Å². The average Bonchev–Trinajstić information content (AvgIpc) is 2.49. The Morgan fingerprint density at radius 1 is 0.960 bits per heavy atom. The average molecular weight is 389 g/mol. The second kappa shape index (κ2) is 11.4. The molecule has 1 aromatic carbocycles. The summed E-state index contributed by atoms with van der Waals surface area (Å²) in [6, 6.07) is 4.69. The molecule has 0 aromatic heterocycles. The number of hydrogen-bond donors (Lipinski definition) is 0. The molecular weight excluding hydrogens is 363 g/mol. The topological polar surface area (TPSA) is 52.6 Å². The highest BCUT2D eigenvalue weighted by Crippen LogP contribution is 2.26. The zero-order valence-electron chi connectivity index (χ0n) is 15.0. The van der Waals surface area contributed by atoms with Gasteiger partial charge in [0, 0.05) is 18.9 Å². The number of unbranched alkanes of at least 4 members (excludes halogenated alkanes) is 2. The first kappa shape index (κ1) is 21.8. The van der Waals surface area contributed by atoms with Crippen LogP contribution in [0.2, 0.25) is 10.0 Å². The lowest BCUT2D eigenvalue weighted by molar-refractivity contribution is -0.149. The predicted molar refractivity (Wildman–Crippen MR) is 100 cm³/mol. The number of rotatable bonds is 10. The third-order valence-corrected chi connectivity index (χ3v) is 4.26. The van der Waals surface area contributed by atoms with Crippen molar-refractivity contribution < 1.29 is 19.1 Å². The molecule has 0 aliphatic rings. The predicted octanol–water partition coefficient (Wildman–Crippen LogP) is 5.83. The molecule has 1 rings (SSSR count). The van der Waals surface area contributed by atoms with Crippen LogP contribution >= 0.6 is 23.2 Å². The number of esters is 2. The van der Waals surface area contributed by atoms with Crippen LogP contribution in [0, 0.1) is 5.92 Å². The van der Waals surface area contributed by atoms with E-state index in [1.54, 1.807) is 12.1 Å². The zero-order chi connectivity index (χ0) is 18.8. The summed E-state index contributed by atoms with van der Waals surface area (Å²) in [5.74, 6) is 0.379. The van der Waals surface area contributed by atoms with E-state index in [1.165, 1.54) is 6.07 Å². The molecule has 1 atom stereocenters. The second-order valence-corrected chi connectivity index (χ2v) is 7.36. The van der Waals surface area contributed by atoms with Crippen molar-refractivity contribution in [2.24, 2.45) is 5.92 Å². The molecule has 0 bridgehead atoms. The van der Waals surface area contributed by atoms with E-state index < -0.39 is 0 Å². The van der Waals surface area contributed by atoms with Gasteiger partial charge in [-0.2, -0.15) is 0 Å². The Bertz CT molecular complexity index is 573. The first-order valence-corrected chi connectivity index (χ1v) is 9.38. The summed E-state index contributed by atoms with van der Waals surface area (Å²) in [7, 11) is 0. The lowest BCUT2D eigenvalue weighted by atomic mass is 10.1. The number of carbonyl (C=O) groups excluding carboxylic acids is 2. The quantitative estimate of drug-likeness (QED) is 0.287. The summed E-state index contributed by atoms with van der Waals surface area (Å²) in [4.78, 5) is 23.5. The molecule has 6 heteroatoms. The lowest BCUT2D eigenvalue weighted by Crippen LogP contribution is -2.16. The molecule has 0 amide bonds. The van der Waals surface area contributed by atoms with Crippen LogP contribution in [0.1, 0.15) is 59.3 Å². The minimum absolute atomic E-state index is 0.0475. The van der Waals surface area contributed by atoms with Gasteiger partial charge in [-0.25, -0.2) is 0 Å². The Kier molecular flexibility index (Phi) is 9.91. The molecule has 140 valence electrons. The Balaban J connectivity index is 2.15. The SMILES string of the molecule is CC(C)CC(C)OC(=O)CCCCCC(=O)Oc1ccc(Cl)c(Cl)c1. The van der Waals surface area contributed by atoms with Crippen molar-refractivity contribution in [2.75, 3.05) is 0 Å². The molecular formula is C19H26Cl2O4. The summed E-state index contributed by atoms with van der Waals surface area (Å²) in [6.45, 7) is 6.11. The number of halogens is 2. The Labute approximate surface area is 159 Å². The fraction of sp³-hybridized carbons (Fsp3) is 0.579. The van der Waals surface area contributed by atoms with Crippen LogP contribution in [0.3, 0.4) is 0 Å². The molecule has 0 fully saturated rings. The van der Waals surface area contributed by atoms with Gasteiger partial charge in [0.2, 0.25) is 0 Å². The maximum absolute atomic E-state index is 11.8. The van der Waals surface area contributed by atoms with Gasteiger partial charge in [-0.05, 0) is 44.2 Å². The Morgan fingerprint density at radius 3 is 2.20 bits per heavy atom. The van der Waals surface area contributed by atoms with E-state index in [-0.39, 0.29) is 18.0 Å². The van der Waals surface area contributed by atoms with Gasteiger partial charge in [-0.1, -0.05) is 43.5 Å². The third kappa shape index (κ3) is 9.71. The summed E-state index contributed by atoms with van der Waals surface area (Å²) in [5, 5.41) is 0.758. The highest BCUT2D eigenvalue weighted by Gasteiger charge is 2.11. The molecule has 0 radical (unpaired) electrons. The highest BCUT2D eigenvalue weighted by molar-refractivity contribution is 6.42. The van der Waals surface area contributed by atoms with Gasteiger partial charge >= 0.3 is 11.9 Å². The number of benzene rings is 1. The first-order chi connectivity index (χ1) is 11.8. The van der Waals surface area contributed by atoms with Crippen molar-refractivity contribution in [3.8, 4) is 5.75 Å². The maximum atomic E-state index is 11.8. The third-order valence-electron chi connectivity index (χ3n) is 3.52. The molecule has 0 spiro atoms. The van der Waals surface area contributed by atoms with E-state index in [0.29, 0.717) is 47.4 Å². The van der Waals surface area contributed by atoms with Crippen LogP contribution in [0.15, 0.2) is 18.2 Å². The minimum Gasteiger partial charge on any atom is -0.463 e. The van der Waals surface area contributed by atoms with Gasteiger partial charge in [-0.15, -0.1) is 0 Å². The van der Waals surface area contributed by atoms with E-state index in [0.717, 1.165) is 12.8 Å². The monoisotopic (exact) mass is 388 g/mol. The first-order valence-electron chi connectivity index (χ1n) is 8.63. The van der Waals surface area contributed by atoms with E-state index in [1.807, 2.05) is 6.92 Å². The lowest BCUT2D eigenvalue weighted by Gasteiger charge is -2.15. The van der Waals surface area contributed by atoms with Crippen molar-refractivity contribution in [1.29, 1.82) is 0 Å². The van der Waals surface area contributed by atoms with Crippen molar-refractivity contribution in [3.05, 3.63) is 28.2 Å². The normalized spacial score (nSPS) is 12.1.